The average molecular weight is 356 g/mol. The lowest BCUT2D eigenvalue weighted by molar-refractivity contribution is 0.148. The Morgan fingerprint density at radius 1 is 1.29 bits per heavy atom. The van der Waals surface area contributed by atoms with Crippen molar-refractivity contribution in [3.8, 4) is 11.5 Å². The summed E-state index contributed by atoms with van der Waals surface area (Å²) in [6, 6.07) is 4.35. The molecule has 0 amide bonds. The number of ether oxygens (including phenoxy) is 2. The number of rotatable bonds is 6. The molecule has 0 aromatic heterocycles. The van der Waals surface area contributed by atoms with Crippen molar-refractivity contribution < 1.29 is 9.47 Å². The fourth-order valence-electron chi connectivity index (χ4n) is 2.80. The fraction of sp³-hybridized carbons (Fsp3) is 0.647. The summed E-state index contributed by atoms with van der Waals surface area (Å²) in [6.45, 7) is 2.11. The standard InChI is InChI=1S/C17H26BrNO2/c1-3-13(19)9-12-10-15(18)17(16(11-12)20-2)21-14-7-5-4-6-8-14/h10-11,13-14H,3-9,19H2,1-2H3. The van der Waals surface area contributed by atoms with E-state index in [2.05, 4.69) is 35.0 Å². The number of hydrogen-bond acceptors (Lipinski definition) is 3. The van der Waals surface area contributed by atoms with Crippen LogP contribution in [-0.4, -0.2) is 19.3 Å². The van der Waals surface area contributed by atoms with Gasteiger partial charge in [-0.3, -0.25) is 0 Å². The van der Waals surface area contributed by atoms with Crippen molar-refractivity contribution in [1.82, 2.24) is 0 Å². The molecule has 0 radical (unpaired) electrons. The molecule has 0 heterocycles. The molecule has 1 aliphatic carbocycles. The van der Waals surface area contributed by atoms with Crippen LogP contribution >= 0.6 is 15.9 Å². The summed E-state index contributed by atoms with van der Waals surface area (Å²) >= 11 is 3.63. The monoisotopic (exact) mass is 355 g/mol. The summed E-state index contributed by atoms with van der Waals surface area (Å²) in [6.07, 6.45) is 8.26. The van der Waals surface area contributed by atoms with E-state index in [1.165, 1.54) is 24.8 Å². The summed E-state index contributed by atoms with van der Waals surface area (Å²) in [5.74, 6) is 1.63. The summed E-state index contributed by atoms with van der Waals surface area (Å²) in [4.78, 5) is 0. The first kappa shape index (κ1) is 16.6. The quantitative estimate of drug-likeness (QED) is 0.819. The van der Waals surface area contributed by atoms with Crippen molar-refractivity contribution in [3.63, 3.8) is 0 Å². The van der Waals surface area contributed by atoms with Gasteiger partial charge in [0.15, 0.2) is 11.5 Å². The van der Waals surface area contributed by atoms with E-state index in [9.17, 15) is 0 Å². The first-order valence-corrected chi connectivity index (χ1v) is 8.72. The highest BCUT2D eigenvalue weighted by atomic mass is 79.9. The molecule has 1 aliphatic rings. The molecule has 21 heavy (non-hydrogen) atoms. The Morgan fingerprint density at radius 3 is 2.62 bits per heavy atom. The van der Waals surface area contributed by atoms with E-state index in [-0.39, 0.29) is 6.04 Å². The third-order valence-corrected chi connectivity index (χ3v) is 4.74. The maximum absolute atomic E-state index is 6.19. The van der Waals surface area contributed by atoms with Crippen molar-refractivity contribution in [3.05, 3.63) is 22.2 Å². The molecule has 118 valence electrons. The second-order valence-electron chi connectivity index (χ2n) is 5.86. The molecule has 1 fully saturated rings. The van der Waals surface area contributed by atoms with E-state index >= 15 is 0 Å². The van der Waals surface area contributed by atoms with Gasteiger partial charge in [-0.1, -0.05) is 13.3 Å². The normalized spacial score (nSPS) is 17.5. The Kier molecular flexibility index (Phi) is 6.37. The maximum Gasteiger partial charge on any atom is 0.175 e. The highest BCUT2D eigenvalue weighted by molar-refractivity contribution is 9.10. The van der Waals surface area contributed by atoms with Crippen LogP contribution < -0.4 is 15.2 Å². The molecule has 2 rings (SSSR count). The van der Waals surface area contributed by atoms with E-state index in [1.807, 2.05) is 0 Å². The Morgan fingerprint density at radius 2 is 2.00 bits per heavy atom. The van der Waals surface area contributed by atoms with Gasteiger partial charge in [-0.2, -0.15) is 0 Å². The molecule has 1 aromatic rings. The van der Waals surface area contributed by atoms with Crippen molar-refractivity contribution in [2.24, 2.45) is 5.73 Å². The smallest absolute Gasteiger partial charge is 0.175 e. The zero-order chi connectivity index (χ0) is 15.2. The number of methoxy groups -OCH3 is 1. The van der Waals surface area contributed by atoms with Gasteiger partial charge in [0.1, 0.15) is 0 Å². The zero-order valence-corrected chi connectivity index (χ0v) is 14.6. The Bertz CT molecular complexity index is 458. The second kappa shape index (κ2) is 8.04. The third-order valence-electron chi connectivity index (χ3n) is 4.15. The lowest BCUT2D eigenvalue weighted by Crippen LogP contribution is -2.22. The predicted octanol–water partition coefficient (Wildman–Crippen LogP) is 4.45. The van der Waals surface area contributed by atoms with Crippen LogP contribution in [0.5, 0.6) is 11.5 Å². The molecule has 2 N–H and O–H groups in total. The third kappa shape index (κ3) is 4.62. The van der Waals surface area contributed by atoms with E-state index in [0.717, 1.165) is 41.7 Å². The predicted molar refractivity (Wildman–Crippen MR) is 90.2 cm³/mol. The fourth-order valence-corrected chi connectivity index (χ4v) is 3.39. The van der Waals surface area contributed by atoms with Crippen LogP contribution in [-0.2, 0) is 6.42 Å². The molecule has 0 saturated heterocycles. The Balaban J connectivity index is 2.16. The van der Waals surface area contributed by atoms with Crippen LogP contribution in [0.15, 0.2) is 16.6 Å². The number of hydrogen-bond donors (Lipinski definition) is 1. The topological polar surface area (TPSA) is 44.5 Å². The molecular weight excluding hydrogens is 330 g/mol. The van der Waals surface area contributed by atoms with E-state index in [4.69, 9.17) is 15.2 Å². The average Bonchev–Trinajstić information content (AvgIpc) is 2.50. The van der Waals surface area contributed by atoms with Gasteiger partial charge >= 0.3 is 0 Å². The van der Waals surface area contributed by atoms with Gasteiger partial charge in [0.05, 0.1) is 17.7 Å². The van der Waals surface area contributed by atoms with Crippen molar-refractivity contribution in [2.45, 2.75) is 64.0 Å². The summed E-state index contributed by atoms with van der Waals surface area (Å²) < 4.78 is 12.7. The molecule has 0 spiro atoms. The van der Waals surface area contributed by atoms with Gasteiger partial charge in [0.2, 0.25) is 0 Å². The molecule has 0 bridgehead atoms. The van der Waals surface area contributed by atoms with Gasteiger partial charge in [0, 0.05) is 6.04 Å². The molecule has 1 atom stereocenters. The molecule has 1 saturated carbocycles. The Hall–Kier alpha value is -0.740. The molecule has 1 unspecified atom stereocenters. The van der Waals surface area contributed by atoms with Crippen LogP contribution in [0.4, 0.5) is 0 Å². The van der Waals surface area contributed by atoms with Crippen LogP contribution in [0.2, 0.25) is 0 Å². The van der Waals surface area contributed by atoms with Gasteiger partial charge in [-0.25, -0.2) is 0 Å². The SMILES string of the molecule is CCC(N)Cc1cc(Br)c(OC2CCCCC2)c(OC)c1. The molecule has 1 aromatic carbocycles. The molecular formula is C17H26BrNO2. The van der Waals surface area contributed by atoms with Crippen molar-refractivity contribution in [2.75, 3.05) is 7.11 Å². The second-order valence-corrected chi connectivity index (χ2v) is 6.71. The summed E-state index contributed by atoms with van der Waals surface area (Å²) in [7, 11) is 1.69. The minimum Gasteiger partial charge on any atom is -0.493 e. The number of halogens is 1. The highest BCUT2D eigenvalue weighted by Crippen LogP contribution is 2.39. The van der Waals surface area contributed by atoms with E-state index in [0.29, 0.717) is 6.10 Å². The lowest BCUT2D eigenvalue weighted by atomic mass is 9.97. The zero-order valence-electron chi connectivity index (χ0n) is 13.0. The minimum absolute atomic E-state index is 0.187. The van der Waals surface area contributed by atoms with Crippen LogP contribution in [0.1, 0.15) is 51.0 Å². The lowest BCUT2D eigenvalue weighted by Gasteiger charge is -2.25. The summed E-state index contributed by atoms with van der Waals surface area (Å²) in [5.41, 5.74) is 7.23. The van der Waals surface area contributed by atoms with Crippen molar-refractivity contribution >= 4 is 15.9 Å². The van der Waals surface area contributed by atoms with Crippen molar-refractivity contribution in [1.29, 1.82) is 0 Å². The van der Waals surface area contributed by atoms with Gasteiger partial charge < -0.3 is 15.2 Å². The largest absolute Gasteiger partial charge is 0.493 e. The van der Waals surface area contributed by atoms with E-state index in [1.54, 1.807) is 7.11 Å². The Labute approximate surface area is 136 Å². The summed E-state index contributed by atoms with van der Waals surface area (Å²) in [5, 5.41) is 0. The van der Waals surface area contributed by atoms with E-state index < -0.39 is 0 Å². The van der Waals surface area contributed by atoms with Crippen LogP contribution in [0.25, 0.3) is 0 Å². The highest BCUT2D eigenvalue weighted by Gasteiger charge is 2.19. The van der Waals surface area contributed by atoms with Gasteiger partial charge in [0.25, 0.3) is 0 Å². The van der Waals surface area contributed by atoms with Crippen LogP contribution in [0.3, 0.4) is 0 Å². The van der Waals surface area contributed by atoms with Gasteiger partial charge in [-0.05, 0) is 72.2 Å². The molecule has 3 nitrogen and oxygen atoms in total. The van der Waals surface area contributed by atoms with Crippen LogP contribution in [0, 0.1) is 0 Å². The maximum atomic E-state index is 6.19. The molecule has 4 heteroatoms. The first-order chi connectivity index (χ1) is 10.1. The molecule has 0 aliphatic heterocycles. The number of nitrogens with two attached hydrogens (primary N) is 1. The van der Waals surface area contributed by atoms with Gasteiger partial charge in [-0.15, -0.1) is 0 Å². The number of benzene rings is 1. The minimum atomic E-state index is 0.187. The first-order valence-electron chi connectivity index (χ1n) is 7.92.